The second-order valence-corrected chi connectivity index (χ2v) is 8.27. The number of amides is 1. The number of nitrogens with one attached hydrogen (secondary N) is 1. The van der Waals surface area contributed by atoms with Gasteiger partial charge in [-0.3, -0.25) is 0 Å². The molecule has 0 aliphatic carbocycles. The first-order valence-corrected chi connectivity index (χ1v) is 9.35. The molecule has 3 rings (SSSR count). The molecule has 0 fully saturated rings. The van der Waals surface area contributed by atoms with E-state index in [1.807, 2.05) is 16.6 Å². The number of aromatic nitrogens is 2. The number of benzene rings is 1. The van der Waals surface area contributed by atoms with Crippen molar-refractivity contribution in [2.75, 3.05) is 25.0 Å². The standard InChI is InChI=1S/C20H25F3N4O2/c1-19(2,3)29-18(28)24-9-13-11-26(4)17-16(10-25-27(17)12-13)14-5-7-15(8-6-14)20(21,22)23/h5-8,10,13H,9,11-12H2,1-4H3,(H,24,28). The van der Waals surface area contributed by atoms with Crippen molar-refractivity contribution in [3.05, 3.63) is 36.0 Å². The average molecular weight is 410 g/mol. The van der Waals surface area contributed by atoms with E-state index in [0.717, 1.165) is 23.5 Å². The molecular formula is C20H25F3N4O2. The third kappa shape index (κ3) is 5.02. The lowest BCUT2D eigenvalue weighted by molar-refractivity contribution is -0.137. The number of rotatable bonds is 3. The van der Waals surface area contributed by atoms with E-state index >= 15 is 0 Å². The number of ether oxygens (including phenoxy) is 1. The lowest BCUT2D eigenvalue weighted by atomic mass is 10.0. The van der Waals surface area contributed by atoms with Gasteiger partial charge in [0.15, 0.2) is 0 Å². The van der Waals surface area contributed by atoms with Crippen LogP contribution in [0.4, 0.5) is 23.8 Å². The van der Waals surface area contributed by atoms with Crippen LogP contribution in [0.25, 0.3) is 11.1 Å². The highest BCUT2D eigenvalue weighted by Gasteiger charge is 2.31. The molecule has 1 atom stereocenters. The first-order chi connectivity index (χ1) is 13.4. The summed E-state index contributed by atoms with van der Waals surface area (Å²) in [6.45, 7) is 7.12. The molecule has 0 radical (unpaired) electrons. The molecule has 9 heteroatoms. The second-order valence-electron chi connectivity index (χ2n) is 8.27. The second kappa shape index (κ2) is 7.61. The number of fused-ring (bicyclic) bond motifs is 1. The van der Waals surface area contributed by atoms with Gasteiger partial charge in [0.05, 0.1) is 11.8 Å². The van der Waals surface area contributed by atoms with E-state index in [1.54, 1.807) is 27.0 Å². The summed E-state index contributed by atoms with van der Waals surface area (Å²) in [6.07, 6.45) is -3.16. The summed E-state index contributed by atoms with van der Waals surface area (Å²) in [7, 11) is 1.90. The minimum atomic E-state index is -4.36. The van der Waals surface area contributed by atoms with Crippen LogP contribution >= 0.6 is 0 Å². The van der Waals surface area contributed by atoms with Gasteiger partial charge in [-0.1, -0.05) is 12.1 Å². The van der Waals surface area contributed by atoms with Crippen molar-refractivity contribution < 1.29 is 22.7 Å². The topological polar surface area (TPSA) is 59.4 Å². The Hall–Kier alpha value is -2.71. The van der Waals surface area contributed by atoms with Crippen LogP contribution in [0.15, 0.2) is 30.5 Å². The van der Waals surface area contributed by atoms with Crippen LogP contribution in [0, 0.1) is 5.92 Å². The molecule has 1 amide bonds. The summed E-state index contributed by atoms with van der Waals surface area (Å²) < 4.78 is 45.5. The SMILES string of the molecule is CN1CC(CNC(=O)OC(C)(C)C)Cn2ncc(-c3ccc(C(F)(F)F)cc3)c21. The monoisotopic (exact) mass is 410 g/mol. The van der Waals surface area contributed by atoms with E-state index in [4.69, 9.17) is 4.74 Å². The largest absolute Gasteiger partial charge is 0.444 e. The zero-order valence-electron chi connectivity index (χ0n) is 16.9. The van der Waals surface area contributed by atoms with Crippen molar-refractivity contribution in [1.82, 2.24) is 15.1 Å². The molecule has 2 aromatic rings. The number of carbonyl (C=O) groups excluding carboxylic acids is 1. The van der Waals surface area contributed by atoms with Gasteiger partial charge in [0, 0.05) is 38.2 Å². The Morgan fingerprint density at radius 1 is 1.21 bits per heavy atom. The van der Waals surface area contributed by atoms with Crippen molar-refractivity contribution in [3.8, 4) is 11.1 Å². The third-order valence-corrected chi connectivity index (χ3v) is 4.59. The summed E-state index contributed by atoms with van der Waals surface area (Å²) in [5, 5.41) is 7.18. The van der Waals surface area contributed by atoms with Crippen molar-refractivity contribution >= 4 is 11.9 Å². The van der Waals surface area contributed by atoms with Crippen LogP contribution in [0.3, 0.4) is 0 Å². The Morgan fingerprint density at radius 2 is 1.86 bits per heavy atom. The summed E-state index contributed by atoms with van der Waals surface area (Å²) in [4.78, 5) is 13.9. The van der Waals surface area contributed by atoms with Gasteiger partial charge in [-0.25, -0.2) is 9.48 Å². The summed E-state index contributed by atoms with van der Waals surface area (Å²) in [5.74, 6) is 0.971. The molecule has 0 saturated carbocycles. The van der Waals surface area contributed by atoms with E-state index in [1.165, 1.54) is 12.1 Å². The first kappa shape index (κ1) is 21.0. The molecular weight excluding hydrogens is 385 g/mol. The molecule has 0 bridgehead atoms. The molecule has 0 saturated heterocycles. The van der Waals surface area contributed by atoms with E-state index in [2.05, 4.69) is 10.4 Å². The Balaban J connectivity index is 1.70. The van der Waals surface area contributed by atoms with Crippen molar-refractivity contribution in [1.29, 1.82) is 0 Å². The Morgan fingerprint density at radius 3 is 2.45 bits per heavy atom. The maximum atomic E-state index is 12.8. The number of alkyl halides is 3. The maximum absolute atomic E-state index is 12.8. The zero-order valence-corrected chi connectivity index (χ0v) is 16.9. The smallest absolute Gasteiger partial charge is 0.416 e. The quantitative estimate of drug-likeness (QED) is 0.826. The van der Waals surface area contributed by atoms with E-state index < -0.39 is 23.4 Å². The van der Waals surface area contributed by atoms with Crippen molar-refractivity contribution in [3.63, 3.8) is 0 Å². The third-order valence-electron chi connectivity index (χ3n) is 4.59. The molecule has 1 aliphatic heterocycles. The molecule has 2 heterocycles. The van der Waals surface area contributed by atoms with Crippen LogP contribution in [-0.2, 0) is 17.5 Å². The Bertz CT molecular complexity index is 869. The number of nitrogens with zero attached hydrogens (tertiary/aromatic N) is 3. The van der Waals surface area contributed by atoms with Crippen LogP contribution in [0.1, 0.15) is 26.3 Å². The highest BCUT2D eigenvalue weighted by atomic mass is 19.4. The van der Waals surface area contributed by atoms with Gasteiger partial charge in [0.1, 0.15) is 11.4 Å². The molecule has 1 aromatic heterocycles. The van der Waals surface area contributed by atoms with Crippen molar-refractivity contribution in [2.45, 2.75) is 39.1 Å². The number of hydrogen-bond donors (Lipinski definition) is 1. The number of alkyl carbamates (subject to hydrolysis) is 1. The number of halogens is 3. The molecule has 0 spiro atoms. The molecule has 1 aromatic carbocycles. The van der Waals surface area contributed by atoms with Crippen LogP contribution in [0.2, 0.25) is 0 Å². The maximum Gasteiger partial charge on any atom is 0.416 e. The number of carbonyl (C=O) groups is 1. The molecule has 1 unspecified atom stereocenters. The van der Waals surface area contributed by atoms with Gasteiger partial charge in [0.25, 0.3) is 0 Å². The lowest BCUT2D eigenvalue weighted by Gasteiger charge is -2.33. The molecule has 6 nitrogen and oxygen atoms in total. The molecule has 29 heavy (non-hydrogen) atoms. The van der Waals surface area contributed by atoms with Crippen molar-refractivity contribution in [2.24, 2.45) is 5.92 Å². The fourth-order valence-corrected chi connectivity index (χ4v) is 3.40. The van der Waals surface area contributed by atoms with Gasteiger partial charge < -0.3 is 15.0 Å². The highest BCUT2D eigenvalue weighted by Crippen LogP contribution is 2.36. The average Bonchev–Trinajstić information content (AvgIpc) is 3.02. The minimum Gasteiger partial charge on any atom is -0.444 e. The summed E-state index contributed by atoms with van der Waals surface area (Å²) >= 11 is 0. The highest BCUT2D eigenvalue weighted by molar-refractivity contribution is 5.76. The van der Waals surface area contributed by atoms with Gasteiger partial charge in [-0.05, 0) is 38.5 Å². The number of anilines is 1. The normalized spacial score (nSPS) is 17.1. The van der Waals surface area contributed by atoms with Gasteiger partial charge in [0.2, 0.25) is 0 Å². The van der Waals surface area contributed by atoms with E-state index in [9.17, 15) is 18.0 Å². The predicted octanol–water partition coefficient (Wildman–Crippen LogP) is 4.16. The van der Waals surface area contributed by atoms with Gasteiger partial charge >= 0.3 is 12.3 Å². The summed E-state index contributed by atoms with van der Waals surface area (Å²) in [5.41, 5.74) is 0.222. The fourth-order valence-electron chi connectivity index (χ4n) is 3.40. The Kier molecular flexibility index (Phi) is 5.51. The summed E-state index contributed by atoms with van der Waals surface area (Å²) in [6, 6.07) is 5.08. The predicted molar refractivity (Wildman–Crippen MR) is 104 cm³/mol. The van der Waals surface area contributed by atoms with Crippen LogP contribution in [0.5, 0.6) is 0 Å². The molecule has 1 N–H and O–H groups in total. The van der Waals surface area contributed by atoms with Crippen LogP contribution < -0.4 is 10.2 Å². The minimum absolute atomic E-state index is 0.125. The molecule has 1 aliphatic rings. The first-order valence-electron chi connectivity index (χ1n) is 9.35. The lowest BCUT2D eigenvalue weighted by Crippen LogP contribution is -2.43. The van der Waals surface area contributed by atoms with E-state index in [0.29, 0.717) is 25.2 Å². The van der Waals surface area contributed by atoms with Crippen LogP contribution in [-0.4, -0.2) is 41.6 Å². The zero-order chi connectivity index (χ0) is 21.4. The number of hydrogen-bond acceptors (Lipinski definition) is 4. The van der Waals surface area contributed by atoms with Gasteiger partial charge in [-0.2, -0.15) is 18.3 Å². The Labute approximate surface area is 167 Å². The molecule has 158 valence electrons. The van der Waals surface area contributed by atoms with E-state index in [-0.39, 0.29) is 5.92 Å². The van der Waals surface area contributed by atoms with Gasteiger partial charge in [-0.15, -0.1) is 0 Å². The fraction of sp³-hybridized carbons (Fsp3) is 0.500.